The van der Waals surface area contributed by atoms with Crippen molar-refractivity contribution in [3.8, 4) is 0 Å². The molecule has 14 heteroatoms. The Hall–Kier alpha value is -1.38. The fourth-order valence-corrected chi connectivity index (χ4v) is 1.37. The molecule has 1 atom stereocenters. The molecule has 0 saturated carbocycles. The molecule has 1 unspecified atom stereocenters. The Balaban J connectivity index is -0.000000272. The number of nitrogens with one attached hydrogen (secondary N) is 1. The van der Waals surface area contributed by atoms with E-state index < -0.39 is 17.8 Å². The van der Waals surface area contributed by atoms with Gasteiger partial charge in [0.25, 0.3) is 0 Å². The van der Waals surface area contributed by atoms with Crippen molar-refractivity contribution in [1.29, 1.82) is 0 Å². The smallest absolute Gasteiger partial charge is 0.778 e. The van der Waals surface area contributed by atoms with E-state index in [9.17, 15) is 9.46 Å². The quantitative estimate of drug-likeness (QED) is 0.219. The van der Waals surface area contributed by atoms with Gasteiger partial charge in [-0.05, 0) is 0 Å². The summed E-state index contributed by atoms with van der Waals surface area (Å²) in [5.74, 6) is 0. The third kappa shape index (κ3) is 30.0. The molecule has 20 heavy (non-hydrogen) atoms. The molecule has 0 fully saturated rings. The normalized spacial score (nSPS) is 11.1. The van der Waals surface area contributed by atoms with Gasteiger partial charge in [-0.25, -0.2) is 4.98 Å². The van der Waals surface area contributed by atoms with Crippen LogP contribution in [0.2, 0.25) is 0 Å². The molecule has 1 aromatic rings. The van der Waals surface area contributed by atoms with Crippen LogP contribution in [0.4, 0.5) is 0 Å². The zero-order chi connectivity index (χ0) is 15.5. The summed E-state index contributed by atoms with van der Waals surface area (Å²) in [5, 5.41) is 29.5. The average molecular weight is 504 g/mol. The third-order valence-corrected chi connectivity index (χ3v) is 1.88. The molecule has 0 aliphatic carbocycles. The van der Waals surface area contributed by atoms with Crippen molar-refractivity contribution < 1.29 is 29.5 Å². The van der Waals surface area contributed by atoms with Crippen LogP contribution in [0, 0.1) is 30.6 Å². The van der Waals surface area contributed by atoms with E-state index in [0.717, 1.165) is 0 Å². The van der Waals surface area contributed by atoms with E-state index in [2.05, 4.69) is 4.98 Å². The predicted molar refractivity (Wildman–Crippen MR) is 63.0 cm³/mol. The maximum Gasteiger partial charge on any atom is 2.00 e. The minimum Gasteiger partial charge on any atom is -0.778 e. The first-order valence-corrected chi connectivity index (χ1v) is 5.92. The number of nitrogens with zero attached hydrogens (tertiary/aromatic N) is 2. The molecule has 0 bridgehead atoms. The van der Waals surface area contributed by atoms with Gasteiger partial charge in [0.05, 0.1) is 16.3 Å². The van der Waals surface area contributed by atoms with E-state index in [1.807, 2.05) is 0 Å². The van der Waals surface area contributed by atoms with E-state index in [-0.39, 0.29) is 33.5 Å². The fourth-order valence-electron chi connectivity index (χ4n) is 0.744. The average Bonchev–Trinajstić information content (AvgIpc) is 2.14. The van der Waals surface area contributed by atoms with Crippen LogP contribution in [0.25, 0.3) is 0 Å². The van der Waals surface area contributed by atoms with E-state index >= 15 is 0 Å². The van der Waals surface area contributed by atoms with Crippen molar-refractivity contribution in [3.05, 3.63) is 60.7 Å². The van der Waals surface area contributed by atoms with Gasteiger partial charge >= 0.3 is 27.3 Å². The summed E-state index contributed by atoms with van der Waals surface area (Å²) >= 11 is 0. The van der Waals surface area contributed by atoms with Crippen molar-refractivity contribution >= 4 is 34.9 Å². The Bertz CT molecular complexity index is 419. The van der Waals surface area contributed by atoms with E-state index in [0.29, 0.717) is 5.69 Å². The second kappa shape index (κ2) is 12.6. The van der Waals surface area contributed by atoms with Crippen LogP contribution in [0.1, 0.15) is 5.69 Å². The first kappa shape index (κ1) is 23.7. The van der Waals surface area contributed by atoms with Gasteiger partial charge < -0.3 is 45.0 Å². The Labute approximate surface area is 131 Å². The fraction of sp³-hybridized carbons (Fsp3) is 0.167. The van der Waals surface area contributed by atoms with Gasteiger partial charge in [0.2, 0.25) is 0 Å². The van der Waals surface area contributed by atoms with E-state index in [1.54, 1.807) is 24.4 Å². The monoisotopic (exact) mass is 505 g/mol. The van der Waals surface area contributed by atoms with Crippen LogP contribution in [0.5, 0.6) is 0 Å². The summed E-state index contributed by atoms with van der Waals surface area (Å²) in [6.07, 6.45) is 1.26. The molecular formula is C6H8N3O9PPb. The van der Waals surface area contributed by atoms with Crippen molar-refractivity contribution in [1.82, 2.24) is 0 Å². The number of aromatic amines is 1. The molecule has 1 rings (SSSR count). The van der Waals surface area contributed by atoms with Crippen LogP contribution in [-0.2, 0) is 10.7 Å². The molecule has 1 heterocycles. The second-order valence-electron chi connectivity index (χ2n) is 2.63. The van der Waals surface area contributed by atoms with Gasteiger partial charge in [0.1, 0.15) is 7.60 Å². The maximum absolute atomic E-state index is 10.4. The minimum atomic E-state index is -4.17. The summed E-state index contributed by atoms with van der Waals surface area (Å²) in [6, 6.07) is 5.03. The molecule has 110 valence electrons. The molecule has 0 aliphatic heterocycles. The summed E-state index contributed by atoms with van der Waals surface area (Å²) < 4.78 is 10.4. The van der Waals surface area contributed by atoms with Crippen molar-refractivity contribution in [2.75, 3.05) is 0 Å². The first-order valence-electron chi connectivity index (χ1n) is 4.16. The van der Waals surface area contributed by atoms with Gasteiger partial charge in [0, 0.05) is 12.1 Å². The van der Waals surface area contributed by atoms with Crippen LogP contribution >= 0.6 is 7.60 Å². The molecule has 0 aliphatic rings. The molecule has 0 saturated heterocycles. The van der Waals surface area contributed by atoms with E-state index in [4.69, 9.17) is 35.5 Å². The molecule has 12 nitrogen and oxygen atoms in total. The molecule has 2 N–H and O–H groups in total. The van der Waals surface area contributed by atoms with Crippen LogP contribution in [-0.4, -0.2) is 42.4 Å². The zero-order valence-electron chi connectivity index (χ0n) is 9.57. The number of rotatable bonds is 2. The number of hydrogen-bond acceptors (Lipinski definition) is 8. The largest absolute Gasteiger partial charge is 2.00 e. The summed E-state index contributed by atoms with van der Waals surface area (Å²) in [6.45, 7) is 0. The standard InChI is InChI=1S/C6H8NO3P.2NO3.Pb/c8-11(9,10)5-6-3-1-2-4-7-6;2*2-1(3)4;/h1-4H,5H2,(H2,8,9,10);;;/q;2*-1;+2. The van der Waals surface area contributed by atoms with Crippen LogP contribution in [0.15, 0.2) is 24.4 Å². The Morgan fingerprint density at radius 1 is 1.15 bits per heavy atom. The van der Waals surface area contributed by atoms with E-state index in [1.165, 1.54) is 0 Å². The summed E-state index contributed by atoms with van der Waals surface area (Å²) in [7, 11) is -4.17. The van der Waals surface area contributed by atoms with Gasteiger partial charge in [-0.2, -0.15) is 0 Å². The van der Waals surface area contributed by atoms with Gasteiger partial charge in [0.15, 0.2) is 11.9 Å². The van der Waals surface area contributed by atoms with Gasteiger partial charge in [-0.3, -0.25) is 0 Å². The third-order valence-electron chi connectivity index (χ3n) is 1.14. The maximum atomic E-state index is 10.4. The SMILES string of the molecule is O=P([O-])(O)Cc1cccc[nH+]1.O=[N+]([O-])[O-].O=[N+]([O-])[O-].[Pb+2]. The molecule has 0 aromatic carbocycles. The summed E-state index contributed by atoms with van der Waals surface area (Å²) in [4.78, 5) is 38.0. The molecule has 0 amide bonds. The topological polar surface area (TPSA) is 207 Å². The van der Waals surface area contributed by atoms with Gasteiger partial charge in [-0.15, -0.1) is 0 Å². The number of aromatic nitrogens is 1. The number of hydrogen-bond donors (Lipinski definition) is 1. The minimum absolute atomic E-state index is 0. The van der Waals surface area contributed by atoms with Crippen molar-refractivity contribution in [2.45, 2.75) is 6.16 Å². The predicted octanol–water partition coefficient (Wildman–Crippen LogP) is -1.31. The zero-order valence-corrected chi connectivity index (χ0v) is 14.4. The Morgan fingerprint density at radius 3 is 1.80 bits per heavy atom. The van der Waals surface area contributed by atoms with Crippen LogP contribution < -0.4 is 9.88 Å². The molecule has 2 radical (unpaired) electrons. The first-order chi connectivity index (χ1) is 8.54. The Kier molecular flexibility index (Phi) is 15.0. The van der Waals surface area contributed by atoms with Crippen molar-refractivity contribution in [3.63, 3.8) is 0 Å². The van der Waals surface area contributed by atoms with Gasteiger partial charge in [-0.1, -0.05) is 6.07 Å². The van der Waals surface area contributed by atoms with Crippen LogP contribution in [0.3, 0.4) is 0 Å². The van der Waals surface area contributed by atoms with Crippen molar-refractivity contribution in [2.24, 2.45) is 0 Å². The molecular weight excluding hydrogens is 496 g/mol. The molecule has 0 spiro atoms. The number of pyridine rings is 1. The second-order valence-corrected chi connectivity index (χ2v) is 4.22. The molecule has 1 aromatic heterocycles. The number of H-pyrrole nitrogens is 1. The summed E-state index contributed by atoms with van der Waals surface area (Å²) in [5.41, 5.74) is 0.480. The Morgan fingerprint density at radius 2 is 1.55 bits per heavy atom.